The van der Waals surface area contributed by atoms with Crippen LogP contribution in [0.2, 0.25) is 0 Å². The summed E-state index contributed by atoms with van der Waals surface area (Å²) in [5.41, 5.74) is 0.540. The Hall–Kier alpha value is -0.980. The minimum absolute atomic E-state index is 0.0627. The quantitative estimate of drug-likeness (QED) is 0.858. The van der Waals surface area contributed by atoms with Gasteiger partial charge in [0.15, 0.2) is 0 Å². The maximum atomic E-state index is 13.5. The lowest BCUT2D eigenvalue weighted by Gasteiger charge is -2.23. The minimum atomic E-state index is -0.273. The summed E-state index contributed by atoms with van der Waals surface area (Å²) in [6.07, 6.45) is 1.71. The molecule has 0 saturated carbocycles. The molecule has 1 aromatic carbocycles. The predicted octanol–water partition coefficient (Wildman–Crippen LogP) is 1.97. The van der Waals surface area contributed by atoms with Crippen LogP contribution in [0.5, 0.6) is 0 Å². The number of carbonyl (C=O) groups excluding carboxylic acids is 1. The van der Waals surface area contributed by atoms with Gasteiger partial charge in [0.05, 0.1) is 6.54 Å². The molecule has 110 valence electrons. The van der Waals surface area contributed by atoms with Crippen LogP contribution < -0.4 is 10.6 Å². The minimum Gasteiger partial charge on any atom is -0.381 e. The molecule has 1 heterocycles. The molecule has 0 spiro atoms. The summed E-state index contributed by atoms with van der Waals surface area (Å²) in [5, 5.41) is 5.90. The van der Waals surface area contributed by atoms with E-state index in [-0.39, 0.29) is 24.3 Å². The van der Waals surface area contributed by atoms with Crippen LogP contribution in [0.25, 0.3) is 0 Å². The Morgan fingerprint density at radius 3 is 2.90 bits per heavy atom. The number of ether oxygens (including phenoxy) is 1. The summed E-state index contributed by atoms with van der Waals surface area (Å²) in [4.78, 5) is 11.7. The Morgan fingerprint density at radius 1 is 1.40 bits per heavy atom. The molecule has 0 bridgehead atoms. The number of rotatable bonds is 5. The van der Waals surface area contributed by atoms with Gasteiger partial charge in [-0.05, 0) is 31.0 Å². The Labute approximate surface area is 126 Å². The molecule has 2 N–H and O–H groups in total. The molecule has 0 unspecified atom stereocenters. The monoisotopic (exact) mass is 344 g/mol. The number of carbonyl (C=O) groups is 1. The van der Waals surface area contributed by atoms with Crippen molar-refractivity contribution < 1.29 is 13.9 Å². The fraction of sp³-hybridized carbons (Fsp3) is 0.500. The maximum Gasteiger partial charge on any atom is 0.234 e. The predicted molar refractivity (Wildman–Crippen MR) is 77.8 cm³/mol. The van der Waals surface area contributed by atoms with Gasteiger partial charge in [0.25, 0.3) is 0 Å². The van der Waals surface area contributed by atoms with Crippen LogP contribution in [-0.2, 0) is 16.1 Å². The second-order valence-corrected chi connectivity index (χ2v) is 5.71. The third-order valence-corrected chi connectivity index (χ3v) is 3.69. The van der Waals surface area contributed by atoms with E-state index >= 15 is 0 Å². The van der Waals surface area contributed by atoms with Gasteiger partial charge in [-0.2, -0.15) is 0 Å². The van der Waals surface area contributed by atoms with Crippen molar-refractivity contribution in [2.24, 2.45) is 0 Å². The zero-order chi connectivity index (χ0) is 14.4. The Morgan fingerprint density at radius 2 is 2.15 bits per heavy atom. The second-order valence-electron chi connectivity index (χ2n) is 4.79. The molecule has 4 nitrogen and oxygen atoms in total. The highest BCUT2D eigenvalue weighted by molar-refractivity contribution is 9.10. The van der Waals surface area contributed by atoms with E-state index in [1.54, 1.807) is 12.1 Å². The van der Waals surface area contributed by atoms with Gasteiger partial charge in [-0.25, -0.2) is 4.39 Å². The van der Waals surface area contributed by atoms with Crippen molar-refractivity contribution in [1.29, 1.82) is 0 Å². The van der Waals surface area contributed by atoms with Crippen LogP contribution in [-0.4, -0.2) is 31.7 Å². The second kappa shape index (κ2) is 7.71. The van der Waals surface area contributed by atoms with Crippen LogP contribution in [0.15, 0.2) is 22.7 Å². The Bertz CT molecular complexity index is 464. The van der Waals surface area contributed by atoms with Crippen molar-refractivity contribution >= 4 is 21.8 Å². The molecule has 1 aliphatic rings. The molecule has 6 heteroatoms. The number of halogens is 2. The van der Waals surface area contributed by atoms with Crippen molar-refractivity contribution in [2.45, 2.75) is 25.4 Å². The normalized spacial score (nSPS) is 16.1. The van der Waals surface area contributed by atoms with Gasteiger partial charge >= 0.3 is 0 Å². The van der Waals surface area contributed by atoms with Gasteiger partial charge in [0, 0.05) is 35.8 Å². The zero-order valence-corrected chi connectivity index (χ0v) is 12.7. The van der Waals surface area contributed by atoms with E-state index in [0.717, 1.165) is 17.3 Å². The number of hydrogen-bond donors (Lipinski definition) is 2. The highest BCUT2D eigenvalue weighted by Crippen LogP contribution is 2.15. The molecule has 1 amide bonds. The highest BCUT2D eigenvalue weighted by atomic mass is 79.9. The molecule has 0 radical (unpaired) electrons. The first kappa shape index (κ1) is 15.4. The Kier molecular flexibility index (Phi) is 5.94. The van der Waals surface area contributed by atoms with Gasteiger partial charge in [-0.1, -0.05) is 15.9 Å². The zero-order valence-electron chi connectivity index (χ0n) is 11.1. The first-order valence-corrected chi connectivity index (χ1v) is 7.46. The molecule has 1 saturated heterocycles. The van der Waals surface area contributed by atoms with E-state index in [1.165, 1.54) is 6.07 Å². The van der Waals surface area contributed by atoms with E-state index in [2.05, 4.69) is 26.6 Å². The van der Waals surface area contributed by atoms with Crippen molar-refractivity contribution in [3.05, 3.63) is 34.1 Å². The third kappa shape index (κ3) is 4.85. The summed E-state index contributed by atoms with van der Waals surface area (Å²) in [6, 6.07) is 4.96. The number of benzene rings is 1. The van der Waals surface area contributed by atoms with E-state index in [0.29, 0.717) is 25.3 Å². The third-order valence-electron chi connectivity index (χ3n) is 3.20. The van der Waals surface area contributed by atoms with Crippen LogP contribution in [0.4, 0.5) is 4.39 Å². The molecule has 0 aromatic heterocycles. The highest BCUT2D eigenvalue weighted by Gasteiger charge is 2.15. The number of amides is 1. The smallest absolute Gasteiger partial charge is 0.234 e. The van der Waals surface area contributed by atoms with E-state index in [1.807, 2.05) is 0 Å². The average molecular weight is 345 g/mol. The molecular formula is C14H18BrFN2O2. The molecule has 2 rings (SSSR count). The van der Waals surface area contributed by atoms with E-state index in [4.69, 9.17) is 4.74 Å². The molecule has 0 atom stereocenters. The van der Waals surface area contributed by atoms with Gasteiger partial charge in [-0.15, -0.1) is 0 Å². The molecule has 20 heavy (non-hydrogen) atoms. The van der Waals surface area contributed by atoms with Gasteiger partial charge in [0.1, 0.15) is 5.82 Å². The Balaban J connectivity index is 1.72. The summed E-state index contributed by atoms with van der Waals surface area (Å²) in [5.74, 6) is -0.335. The fourth-order valence-electron chi connectivity index (χ4n) is 2.11. The van der Waals surface area contributed by atoms with Crippen LogP contribution >= 0.6 is 15.9 Å². The van der Waals surface area contributed by atoms with Gasteiger partial charge in [-0.3, -0.25) is 4.79 Å². The molecule has 1 aliphatic heterocycles. The van der Waals surface area contributed by atoms with Crippen molar-refractivity contribution in [3.8, 4) is 0 Å². The summed E-state index contributed by atoms with van der Waals surface area (Å²) in [6.45, 7) is 1.90. The summed E-state index contributed by atoms with van der Waals surface area (Å²) in [7, 11) is 0. The van der Waals surface area contributed by atoms with E-state index < -0.39 is 0 Å². The van der Waals surface area contributed by atoms with E-state index in [9.17, 15) is 9.18 Å². The average Bonchev–Trinajstić information content (AvgIpc) is 2.44. The number of nitrogens with one attached hydrogen (secondary N) is 2. The summed E-state index contributed by atoms with van der Waals surface area (Å²) >= 11 is 3.30. The lowest BCUT2D eigenvalue weighted by molar-refractivity contribution is -0.121. The van der Waals surface area contributed by atoms with Crippen molar-refractivity contribution in [1.82, 2.24) is 10.6 Å². The largest absolute Gasteiger partial charge is 0.381 e. The van der Waals surface area contributed by atoms with Crippen molar-refractivity contribution in [3.63, 3.8) is 0 Å². The molecule has 0 aliphatic carbocycles. The first-order valence-electron chi connectivity index (χ1n) is 6.67. The summed E-state index contributed by atoms with van der Waals surface area (Å²) < 4.78 is 19.5. The van der Waals surface area contributed by atoms with Crippen LogP contribution in [0, 0.1) is 5.82 Å². The molecule has 1 aromatic rings. The fourth-order valence-corrected chi connectivity index (χ4v) is 2.52. The molecular weight excluding hydrogens is 327 g/mol. The van der Waals surface area contributed by atoms with Crippen LogP contribution in [0.1, 0.15) is 18.4 Å². The number of hydrogen-bond acceptors (Lipinski definition) is 3. The van der Waals surface area contributed by atoms with Crippen LogP contribution in [0.3, 0.4) is 0 Å². The van der Waals surface area contributed by atoms with Gasteiger partial charge < -0.3 is 15.4 Å². The standard InChI is InChI=1S/C14H18BrFN2O2/c15-11-1-2-13(16)10(7-11)8-17-9-14(19)18-12-3-5-20-6-4-12/h1-2,7,12,17H,3-6,8-9H2,(H,18,19). The van der Waals surface area contributed by atoms with Crippen molar-refractivity contribution in [2.75, 3.05) is 19.8 Å². The first-order chi connectivity index (χ1) is 9.65. The van der Waals surface area contributed by atoms with Gasteiger partial charge in [0.2, 0.25) is 5.91 Å². The topological polar surface area (TPSA) is 50.4 Å². The molecule has 1 fully saturated rings. The SMILES string of the molecule is O=C(CNCc1cc(Br)ccc1F)NC1CCOCC1. The maximum absolute atomic E-state index is 13.5. The lowest BCUT2D eigenvalue weighted by Crippen LogP contribution is -2.42. The lowest BCUT2D eigenvalue weighted by atomic mass is 10.1.